The van der Waals surface area contributed by atoms with Crippen molar-refractivity contribution in [1.29, 1.82) is 0 Å². The third kappa shape index (κ3) is 5.14. The van der Waals surface area contributed by atoms with E-state index in [0.717, 1.165) is 29.8 Å². The highest BCUT2D eigenvalue weighted by atomic mass is 32.2. The third-order valence-electron chi connectivity index (χ3n) is 4.92. The average molecular weight is 418 g/mol. The van der Waals surface area contributed by atoms with Crippen LogP contribution in [0.3, 0.4) is 0 Å². The molecule has 1 aromatic rings. The number of phenols is 1. The maximum atomic E-state index is 12.5. The number of thioether (sulfide) groups is 1. The predicted octanol–water partition coefficient (Wildman–Crippen LogP) is 3.79. The van der Waals surface area contributed by atoms with Gasteiger partial charge in [-0.15, -0.1) is 0 Å². The van der Waals surface area contributed by atoms with Crippen LogP contribution < -0.4 is 5.32 Å². The molecule has 0 saturated carbocycles. The van der Waals surface area contributed by atoms with Gasteiger partial charge in [-0.1, -0.05) is 41.5 Å². The van der Waals surface area contributed by atoms with Crippen molar-refractivity contribution < 1.29 is 14.6 Å². The molecule has 0 atom stereocenters. The molecule has 0 spiro atoms. The number of rotatable bonds is 2. The van der Waals surface area contributed by atoms with E-state index in [1.807, 2.05) is 23.2 Å². The van der Waals surface area contributed by atoms with Gasteiger partial charge in [0, 0.05) is 11.1 Å². The SMILES string of the molecule is CC(C)(C)c1cc(/C=C2\S/C(=N/N3CCOCC3)NC2=O)cc(C(C)(C)C)c1O. The Morgan fingerprint density at radius 1 is 1.10 bits per heavy atom. The highest BCUT2D eigenvalue weighted by molar-refractivity contribution is 8.18. The number of carbonyl (C=O) groups is 1. The Bertz CT molecular complexity index is 822. The molecule has 0 unspecified atom stereocenters. The van der Waals surface area contributed by atoms with Crippen molar-refractivity contribution >= 4 is 28.9 Å². The van der Waals surface area contributed by atoms with Crippen LogP contribution in [0.4, 0.5) is 0 Å². The largest absolute Gasteiger partial charge is 0.507 e. The molecule has 2 aliphatic rings. The van der Waals surface area contributed by atoms with Crippen molar-refractivity contribution in [2.24, 2.45) is 5.10 Å². The van der Waals surface area contributed by atoms with Gasteiger partial charge in [0.25, 0.3) is 5.91 Å². The number of hydrogen-bond acceptors (Lipinski definition) is 6. The van der Waals surface area contributed by atoms with Crippen LogP contribution in [0.2, 0.25) is 0 Å². The van der Waals surface area contributed by atoms with Crippen LogP contribution in [0.25, 0.3) is 6.08 Å². The van der Waals surface area contributed by atoms with Gasteiger partial charge >= 0.3 is 0 Å². The van der Waals surface area contributed by atoms with Crippen LogP contribution in [0, 0.1) is 0 Å². The smallest absolute Gasteiger partial charge is 0.264 e. The molecule has 6 nitrogen and oxygen atoms in total. The molecule has 0 aromatic heterocycles. The first-order chi connectivity index (χ1) is 13.4. The Labute approximate surface area is 177 Å². The summed E-state index contributed by atoms with van der Waals surface area (Å²) in [5, 5.41) is 20.8. The molecule has 0 aliphatic carbocycles. The van der Waals surface area contributed by atoms with E-state index < -0.39 is 0 Å². The Kier molecular flexibility index (Phi) is 6.01. The fraction of sp³-hybridized carbons (Fsp3) is 0.545. The van der Waals surface area contributed by atoms with Crippen LogP contribution in [0.15, 0.2) is 22.1 Å². The lowest BCUT2D eigenvalue weighted by Crippen LogP contribution is -2.34. The number of nitrogens with one attached hydrogen (secondary N) is 1. The highest BCUT2D eigenvalue weighted by Crippen LogP contribution is 2.40. The lowest BCUT2D eigenvalue weighted by molar-refractivity contribution is -0.115. The van der Waals surface area contributed by atoms with Crippen LogP contribution >= 0.6 is 11.8 Å². The average Bonchev–Trinajstić information content (AvgIpc) is 2.94. The Hall–Kier alpha value is -1.99. The van der Waals surface area contributed by atoms with Gasteiger partial charge in [-0.25, -0.2) is 0 Å². The lowest BCUT2D eigenvalue weighted by Gasteiger charge is -2.28. The number of amidine groups is 1. The molecule has 0 radical (unpaired) electrons. The number of benzene rings is 1. The molecular formula is C22H31N3O3S. The van der Waals surface area contributed by atoms with Crippen molar-refractivity contribution in [3.8, 4) is 5.75 Å². The second-order valence-electron chi connectivity index (χ2n) is 9.50. The van der Waals surface area contributed by atoms with E-state index in [1.54, 1.807) is 0 Å². The van der Waals surface area contributed by atoms with Gasteiger partial charge in [0.05, 0.1) is 31.2 Å². The van der Waals surface area contributed by atoms with Crippen molar-refractivity contribution in [1.82, 2.24) is 10.3 Å². The minimum Gasteiger partial charge on any atom is -0.507 e. The number of hydrogen-bond donors (Lipinski definition) is 2. The summed E-state index contributed by atoms with van der Waals surface area (Å²) in [5.41, 5.74) is 2.23. The molecule has 0 bridgehead atoms. The van der Waals surface area contributed by atoms with Crippen LogP contribution in [0.5, 0.6) is 5.75 Å². The molecule has 2 fully saturated rings. The Morgan fingerprint density at radius 3 is 2.17 bits per heavy atom. The van der Waals surface area contributed by atoms with E-state index in [0.29, 0.717) is 29.0 Å². The summed E-state index contributed by atoms with van der Waals surface area (Å²) in [6, 6.07) is 3.95. The zero-order valence-corrected chi connectivity index (χ0v) is 18.9. The number of aromatic hydroxyl groups is 1. The normalized spacial score (nSPS) is 21.2. The fourth-order valence-electron chi connectivity index (χ4n) is 3.29. The van der Waals surface area contributed by atoms with Gasteiger partial charge in [-0.05, 0) is 46.4 Å². The second-order valence-corrected chi connectivity index (χ2v) is 10.5. The molecular weight excluding hydrogens is 386 g/mol. The van der Waals surface area contributed by atoms with E-state index in [-0.39, 0.29) is 16.7 Å². The molecule has 2 heterocycles. The molecule has 1 amide bonds. The van der Waals surface area contributed by atoms with Gasteiger partial charge in [0.1, 0.15) is 5.75 Å². The number of amides is 1. The van der Waals surface area contributed by atoms with E-state index in [1.165, 1.54) is 11.8 Å². The fourth-order valence-corrected chi connectivity index (χ4v) is 4.14. The van der Waals surface area contributed by atoms with E-state index >= 15 is 0 Å². The Morgan fingerprint density at radius 2 is 1.66 bits per heavy atom. The van der Waals surface area contributed by atoms with Crippen molar-refractivity contribution in [3.05, 3.63) is 33.7 Å². The summed E-state index contributed by atoms with van der Waals surface area (Å²) in [6.07, 6.45) is 1.88. The first kappa shape index (κ1) is 21.7. The van der Waals surface area contributed by atoms with Gasteiger partial charge in [0.2, 0.25) is 0 Å². The molecule has 158 valence electrons. The van der Waals surface area contributed by atoms with Gasteiger partial charge in [-0.2, -0.15) is 5.10 Å². The molecule has 29 heavy (non-hydrogen) atoms. The summed E-state index contributed by atoms with van der Waals surface area (Å²) in [6.45, 7) is 15.2. The first-order valence-electron chi connectivity index (χ1n) is 9.95. The summed E-state index contributed by atoms with van der Waals surface area (Å²) in [7, 11) is 0. The predicted molar refractivity (Wildman–Crippen MR) is 119 cm³/mol. The quantitative estimate of drug-likeness (QED) is 0.716. The third-order valence-corrected chi connectivity index (χ3v) is 5.82. The summed E-state index contributed by atoms with van der Waals surface area (Å²) in [4.78, 5) is 13.1. The van der Waals surface area contributed by atoms with Crippen LogP contribution in [-0.4, -0.2) is 47.5 Å². The monoisotopic (exact) mass is 417 g/mol. The van der Waals surface area contributed by atoms with Gasteiger partial charge in [0.15, 0.2) is 5.17 Å². The zero-order valence-electron chi connectivity index (χ0n) is 18.1. The number of carbonyl (C=O) groups excluding carboxylic acids is 1. The first-order valence-corrected chi connectivity index (χ1v) is 10.8. The Balaban J connectivity index is 1.95. The zero-order chi connectivity index (χ0) is 21.4. The summed E-state index contributed by atoms with van der Waals surface area (Å²) in [5.74, 6) is 0.190. The van der Waals surface area contributed by atoms with E-state index in [4.69, 9.17) is 4.74 Å². The number of phenolic OH excluding ortho intramolecular Hbond substituents is 1. The van der Waals surface area contributed by atoms with Crippen LogP contribution in [-0.2, 0) is 20.4 Å². The van der Waals surface area contributed by atoms with Crippen molar-refractivity contribution in [2.45, 2.75) is 52.4 Å². The lowest BCUT2D eigenvalue weighted by atomic mass is 9.78. The maximum absolute atomic E-state index is 12.5. The van der Waals surface area contributed by atoms with Crippen molar-refractivity contribution in [2.75, 3.05) is 26.3 Å². The van der Waals surface area contributed by atoms with Gasteiger partial charge < -0.3 is 9.84 Å². The topological polar surface area (TPSA) is 74.2 Å². The minimum atomic E-state index is -0.216. The number of morpholine rings is 1. The molecule has 7 heteroatoms. The van der Waals surface area contributed by atoms with E-state index in [2.05, 4.69) is 52.0 Å². The molecule has 2 saturated heterocycles. The molecule has 2 aliphatic heterocycles. The number of nitrogens with zero attached hydrogens (tertiary/aromatic N) is 2. The highest BCUT2D eigenvalue weighted by Gasteiger charge is 2.28. The standard InChI is InChI=1S/C22H31N3O3S/c1-21(2,3)15-11-14(12-16(18(15)26)22(4,5)6)13-17-19(27)23-20(29-17)24-25-7-9-28-10-8-25/h11-13,26H,7-10H2,1-6H3,(H,23,24,27)/b17-13-. The van der Waals surface area contributed by atoms with Crippen LogP contribution in [0.1, 0.15) is 58.2 Å². The van der Waals surface area contributed by atoms with Crippen molar-refractivity contribution in [3.63, 3.8) is 0 Å². The maximum Gasteiger partial charge on any atom is 0.264 e. The summed E-state index contributed by atoms with van der Waals surface area (Å²) < 4.78 is 5.34. The minimum absolute atomic E-state index is 0.148. The number of hydrazone groups is 1. The number of ether oxygens (including phenoxy) is 1. The van der Waals surface area contributed by atoms with Gasteiger partial charge in [-0.3, -0.25) is 15.1 Å². The summed E-state index contributed by atoms with van der Waals surface area (Å²) >= 11 is 1.34. The molecule has 2 N–H and O–H groups in total. The second kappa shape index (κ2) is 8.03. The molecule has 3 rings (SSSR count). The molecule has 1 aromatic carbocycles. The van der Waals surface area contributed by atoms with E-state index in [9.17, 15) is 9.90 Å².